The predicted molar refractivity (Wildman–Crippen MR) is 106 cm³/mol. The highest BCUT2D eigenvalue weighted by atomic mass is 35.5. The van der Waals surface area contributed by atoms with Crippen LogP contribution in [0.4, 0.5) is 13.2 Å². The number of thioether (sulfide) groups is 1. The first kappa shape index (κ1) is 21.3. The monoisotopic (exact) mass is 440 g/mol. The normalized spacial score (nSPS) is 11.4. The fourth-order valence-electron chi connectivity index (χ4n) is 2.51. The molecule has 4 nitrogen and oxygen atoms in total. The van der Waals surface area contributed by atoms with Crippen molar-refractivity contribution < 1.29 is 22.6 Å². The van der Waals surface area contributed by atoms with E-state index in [1.807, 2.05) is 24.3 Å². The molecule has 0 aliphatic heterocycles. The Hall–Kier alpha value is -2.45. The number of rotatable bonds is 6. The molecular weight excluding hydrogens is 425 g/mol. The first-order valence-electron chi connectivity index (χ1n) is 8.38. The standard InChI is InChI=1S/C20H16ClF3N2O2S/c1-27-14-7-3-12(4-8-14)11-16-17(21)25-19(29-2)26-18(16)28-15-9-5-13(6-10-15)20(22,23)24/h3-10H,11H2,1-2H3. The fraction of sp³-hybridized carbons (Fsp3) is 0.200. The quantitative estimate of drug-likeness (QED) is 0.257. The Morgan fingerprint density at radius 3 is 2.14 bits per heavy atom. The summed E-state index contributed by atoms with van der Waals surface area (Å²) in [4.78, 5) is 8.58. The van der Waals surface area contributed by atoms with Crippen LogP contribution < -0.4 is 9.47 Å². The van der Waals surface area contributed by atoms with Crippen molar-refractivity contribution in [3.05, 3.63) is 70.4 Å². The van der Waals surface area contributed by atoms with Crippen molar-refractivity contribution in [1.82, 2.24) is 9.97 Å². The highest BCUT2D eigenvalue weighted by molar-refractivity contribution is 7.98. The highest BCUT2D eigenvalue weighted by Gasteiger charge is 2.30. The van der Waals surface area contributed by atoms with E-state index in [-0.39, 0.29) is 16.8 Å². The van der Waals surface area contributed by atoms with Gasteiger partial charge in [-0.3, -0.25) is 0 Å². The minimum Gasteiger partial charge on any atom is -0.497 e. The number of nitrogens with zero attached hydrogens (tertiary/aromatic N) is 2. The van der Waals surface area contributed by atoms with Gasteiger partial charge in [-0.05, 0) is 48.2 Å². The average Bonchev–Trinajstić information content (AvgIpc) is 2.70. The number of hydrogen-bond donors (Lipinski definition) is 0. The van der Waals surface area contributed by atoms with Crippen molar-refractivity contribution >= 4 is 23.4 Å². The molecule has 1 aromatic heterocycles. The number of benzene rings is 2. The van der Waals surface area contributed by atoms with Gasteiger partial charge in [0.25, 0.3) is 0 Å². The maximum Gasteiger partial charge on any atom is 0.416 e. The van der Waals surface area contributed by atoms with Crippen molar-refractivity contribution in [2.75, 3.05) is 13.4 Å². The van der Waals surface area contributed by atoms with Crippen LogP contribution in [0, 0.1) is 0 Å². The second-order valence-corrected chi connectivity index (χ2v) is 7.07. The fourth-order valence-corrected chi connectivity index (χ4v) is 3.15. The van der Waals surface area contributed by atoms with E-state index in [2.05, 4.69) is 9.97 Å². The lowest BCUT2D eigenvalue weighted by Gasteiger charge is -2.13. The summed E-state index contributed by atoms with van der Waals surface area (Å²) >= 11 is 7.64. The molecule has 152 valence electrons. The van der Waals surface area contributed by atoms with E-state index in [9.17, 15) is 13.2 Å². The topological polar surface area (TPSA) is 44.2 Å². The summed E-state index contributed by atoms with van der Waals surface area (Å²) in [6.45, 7) is 0. The third-order valence-corrected chi connectivity index (χ3v) is 4.88. The minimum atomic E-state index is -4.41. The molecule has 29 heavy (non-hydrogen) atoms. The maximum atomic E-state index is 12.8. The zero-order valence-corrected chi connectivity index (χ0v) is 17.0. The summed E-state index contributed by atoms with van der Waals surface area (Å²) in [6, 6.07) is 11.8. The molecule has 1 heterocycles. The Balaban J connectivity index is 1.92. The van der Waals surface area contributed by atoms with Crippen molar-refractivity contribution in [3.63, 3.8) is 0 Å². The summed E-state index contributed by atoms with van der Waals surface area (Å²) in [5, 5.41) is 0.623. The van der Waals surface area contributed by atoms with Crippen LogP contribution in [-0.4, -0.2) is 23.3 Å². The number of hydrogen-bond acceptors (Lipinski definition) is 5. The third-order valence-electron chi connectivity index (χ3n) is 4.02. The zero-order valence-electron chi connectivity index (χ0n) is 15.5. The minimum absolute atomic E-state index is 0.199. The van der Waals surface area contributed by atoms with Gasteiger partial charge in [-0.1, -0.05) is 35.5 Å². The van der Waals surface area contributed by atoms with Gasteiger partial charge in [-0.2, -0.15) is 18.2 Å². The lowest BCUT2D eigenvalue weighted by molar-refractivity contribution is -0.137. The molecule has 0 saturated heterocycles. The van der Waals surface area contributed by atoms with Crippen LogP contribution in [0.2, 0.25) is 5.15 Å². The maximum absolute atomic E-state index is 12.8. The molecule has 0 bridgehead atoms. The van der Waals surface area contributed by atoms with Crippen molar-refractivity contribution in [2.45, 2.75) is 17.8 Å². The molecule has 9 heteroatoms. The molecule has 0 aliphatic rings. The van der Waals surface area contributed by atoms with Crippen LogP contribution in [0.1, 0.15) is 16.7 Å². The largest absolute Gasteiger partial charge is 0.497 e. The van der Waals surface area contributed by atoms with Crippen LogP contribution in [0.15, 0.2) is 53.7 Å². The highest BCUT2D eigenvalue weighted by Crippen LogP contribution is 2.34. The number of halogens is 4. The predicted octanol–water partition coefficient (Wildman–Crippen LogP) is 6.26. The van der Waals surface area contributed by atoms with Gasteiger partial charge in [-0.15, -0.1) is 0 Å². The molecule has 0 amide bonds. The van der Waals surface area contributed by atoms with Crippen molar-refractivity contribution in [2.24, 2.45) is 0 Å². The molecule has 0 saturated carbocycles. The first-order valence-corrected chi connectivity index (χ1v) is 9.99. The zero-order chi connectivity index (χ0) is 21.0. The van der Waals surface area contributed by atoms with Gasteiger partial charge in [0.1, 0.15) is 16.7 Å². The van der Waals surface area contributed by atoms with Gasteiger partial charge in [0.2, 0.25) is 5.88 Å². The number of ether oxygens (including phenoxy) is 2. The summed E-state index contributed by atoms with van der Waals surface area (Å²) in [7, 11) is 1.58. The summed E-state index contributed by atoms with van der Waals surface area (Å²) in [5.41, 5.74) is 0.703. The summed E-state index contributed by atoms with van der Waals surface area (Å²) in [6.07, 6.45) is -2.24. The molecule has 3 rings (SSSR count). The van der Waals surface area contributed by atoms with Gasteiger partial charge in [0, 0.05) is 6.42 Å². The van der Waals surface area contributed by atoms with Crippen LogP contribution in [-0.2, 0) is 12.6 Å². The number of aromatic nitrogens is 2. The SMILES string of the molecule is COc1ccc(Cc2c(Cl)nc(SC)nc2Oc2ccc(C(F)(F)F)cc2)cc1. The Morgan fingerprint density at radius 1 is 0.966 bits per heavy atom. The number of alkyl halides is 3. The second kappa shape index (κ2) is 8.92. The molecule has 0 spiro atoms. The van der Waals surface area contributed by atoms with Gasteiger partial charge in [0.05, 0.1) is 18.2 Å². The molecule has 0 radical (unpaired) electrons. The number of methoxy groups -OCH3 is 1. The molecule has 0 unspecified atom stereocenters. The Bertz CT molecular complexity index is 981. The van der Waals surface area contributed by atoms with Crippen LogP contribution >= 0.6 is 23.4 Å². The Labute approximate surface area is 175 Å². The van der Waals surface area contributed by atoms with Crippen LogP contribution in [0.3, 0.4) is 0 Å². The van der Waals surface area contributed by atoms with E-state index in [0.717, 1.165) is 23.4 Å². The van der Waals surface area contributed by atoms with E-state index >= 15 is 0 Å². The first-order chi connectivity index (χ1) is 13.8. The van der Waals surface area contributed by atoms with Crippen molar-refractivity contribution in [3.8, 4) is 17.4 Å². The van der Waals surface area contributed by atoms with Crippen LogP contribution in [0.25, 0.3) is 0 Å². The van der Waals surface area contributed by atoms with Crippen molar-refractivity contribution in [1.29, 1.82) is 0 Å². The van der Waals surface area contributed by atoms with Gasteiger partial charge < -0.3 is 9.47 Å². The van der Waals surface area contributed by atoms with Gasteiger partial charge >= 0.3 is 6.18 Å². The summed E-state index contributed by atoms with van der Waals surface area (Å²) < 4.78 is 49.2. The van der Waals surface area contributed by atoms with Gasteiger partial charge in [-0.25, -0.2) is 4.98 Å². The van der Waals surface area contributed by atoms with E-state index < -0.39 is 11.7 Å². The molecule has 0 N–H and O–H groups in total. The van der Waals surface area contributed by atoms with E-state index in [1.165, 1.54) is 23.9 Å². The molecular formula is C20H16ClF3N2O2S. The van der Waals surface area contributed by atoms with E-state index in [0.29, 0.717) is 17.1 Å². The molecule has 0 atom stereocenters. The summed E-state index contributed by atoms with van der Waals surface area (Å²) in [5.74, 6) is 1.13. The average molecular weight is 441 g/mol. The molecule has 2 aromatic carbocycles. The van der Waals surface area contributed by atoms with Gasteiger partial charge in [0.15, 0.2) is 5.16 Å². The van der Waals surface area contributed by atoms with E-state index in [4.69, 9.17) is 21.1 Å². The smallest absolute Gasteiger partial charge is 0.416 e. The molecule has 0 fully saturated rings. The lowest BCUT2D eigenvalue weighted by Crippen LogP contribution is -2.04. The van der Waals surface area contributed by atoms with E-state index in [1.54, 1.807) is 13.4 Å². The second-order valence-electron chi connectivity index (χ2n) is 5.93. The third kappa shape index (κ3) is 5.33. The molecule has 0 aliphatic carbocycles. The molecule has 3 aromatic rings. The Morgan fingerprint density at radius 2 is 1.59 bits per heavy atom. The van der Waals surface area contributed by atoms with Crippen LogP contribution in [0.5, 0.6) is 17.4 Å². The Kier molecular flexibility index (Phi) is 6.54. The lowest BCUT2D eigenvalue weighted by atomic mass is 10.1.